The first-order valence-electron chi connectivity index (χ1n) is 13.9. The summed E-state index contributed by atoms with van der Waals surface area (Å²) in [5.41, 5.74) is 1.52. The SMILES string of the molecule is Cc1nsc2nc(CCCN(CCCNC(=O)OC(C)(C)C)C(=O)c3ccc(Cl)cc3)n(Cc3ccccc3)c(=O)c12. The first-order chi connectivity index (χ1) is 20.0. The second-order valence-corrected chi connectivity index (χ2v) is 12.2. The molecule has 9 nitrogen and oxygen atoms in total. The third-order valence-corrected chi connectivity index (χ3v) is 7.59. The Morgan fingerprint density at radius 1 is 1.05 bits per heavy atom. The number of aromatic nitrogens is 3. The van der Waals surface area contributed by atoms with E-state index in [0.29, 0.717) is 77.8 Å². The number of fused-ring (bicyclic) bond motifs is 1. The second kappa shape index (κ2) is 13.9. The van der Waals surface area contributed by atoms with Crippen molar-refractivity contribution in [2.75, 3.05) is 19.6 Å². The number of carbonyl (C=O) groups excluding carboxylic acids is 2. The van der Waals surface area contributed by atoms with E-state index in [2.05, 4.69) is 9.69 Å². The van der Waals surface area contributed by atoms with Gasteiger partial charge in [-0.1, -0.05) is 41.9 Å². The number of amides is 2. The molecule has 0 fully saturated rings. The molecule has 2 heterocycles. The monoisotopic (exact) mass is 609 g/mol. The molecule has 222 valence electrons. The largest absolute Gasteiger partial charge is 0.444 e. The number of hydrogen-bond acceptors (Lipinski definition) is 7. The van der Waals surface area contributed by atoms with Gasteiger partial charge in [0.2, 0.25) is 0 Å². The molecule has 0 unspecified atom stereocenters. The Kier molecular flexibility index (Phi) is 10.3. The van der Waals surface area contributed by atoms with E-state index in [-0.39, 0.29) is 11.5 Å². The summed E-state index contributed by atoms with van der Waals surface area (Å²) in [4.78, 5) is 46.2. The lowest BCUT2D eigenvalue weighted by atomic mass is 10.1. The predicted octanol–water partition coefficient (Wildman–Crippen LogP) is 5.85. The molecule has 42 heavy (non-hydrogen) atoms. The van der Waals surface area contributed by atoms with Crippen molar-refractivity contribution in [2.24, 2.45) is 0 Å². The van der Waals surface area contributed by atoms with Crippen LogP contribution in [0.15, 0.2) is 59.4 Å². The molecule has 11 heteroatoms. The molecule has 0 aliphatic heterocycles. The molecule has 0 saturated heterocycles. The maximum atomic E-state index is 13.5. The van der Waals surface area contributed by atoms with Crippen LogP contribution in [0, 0.1) is 6.92 Å². The van der Waals surface area contributed by atoms with Crippen molar-refractivity contribution in [3.05, 3.63) is 92.6 Å². The second-order valence-electron chi connectivity index (χ2n) is 11.0. The van der Waals surface area contributed by atoms with Crippen LogP contribution in [0.1, 0.15) is 61.1 Å². The quantitative estimate of drug-likeness (QED) is 0.214. The molecule has 0 bridgehead atoms. The number of carbonyl (C=O) groups is 2. The van der Waals surface area contributed by atoms with E-state index in [1.165, 1.54) is 11.5 Å². The van der Waals surface area contributed by atoms with Gasteiger partial charge < -0.3 is 15.0 Å². The van der Waals surface area contributed by atoms with Crippen molar-refractivity contribution < 1.29 is 14.3 Å². The Morgan fingerprint density at radius 3 is 2.43 bits per heavy atom. The minimum Gasteiger partial charge on any atom is -0.444 e. The van der Waals surface area contributed by atoms with Crippen LogP contribution in [0.5, 0.6) is 0 Å². The first-order valence-corrected chi connectivity index (χ1v) is 15.1. The molecule has 0 spiro atoms. The zero-order valence-electron chi connectivity index (χ0n) is 24.4. The van der Waals surface area contributed by atoms with Gasteiger partial charge in [0.05, 0.1) is 17.6 Å². The van der Waals surface area contributed by atoms with Gasteiger partial charge in [0.25, 0.3) is 11.5 Å². The Bertz CT molecular complexity index is 1580. The molecule has 0 aliphatic carbocycles. The van der Waals surface area contributed by atoms with Gasteiger partial charge in [-0.25, -0.2) is 9.78 Å². The fourth-order valence-electron chi connectivity index (χ4n) is 4.52. The van der Waals surface area contributed by atoms with Crippen LogP contribution in [0.4, 0.5) is 4.79 Å². The number of nitrogens with one attached hydrogen (secondary N) is 1. The average Bonchev–Trinajstić information content (AvgIpc) is 3.32. The minimum absolute atomic E-state index is 0.104. The van der Waals surface area contributed by atoms with Crippen molar-refractivity contribution in [3.8, 4) is 0 Å². The van der Waals surface area contributed by atoms with Crippen LogP contribution < -0.4 is 10.9 Å². The van der Waals surface area contributed by atoms with E-state index in [0.717, 1.165) is 5.56 Å². The standard InChI is InChI=1S/C31H36ClN5O4S/c1-21-26-27(42-35-21)34-25(37(29(26)39)20-22-10-6-5-7-11-22)12-8-18-36(28(38)23-13-15-24(32)16-14-23)19-9-17-33-30(40)41-31(2,3)4/h5-7,10-11,13-16H,8-9,12,17-20H2,1-4H3,(H,33,40). The van der Waals surface area contributed by atoms with Gasteiger partial charge in [-0.2, -0.15) is 4.37 Å². The molecule has 0 radical (unpaired) electrons. The average molecular weight is 610 g/mol. The Morgan fingerprint density at radius 2 is 1.74 bits per heavy atom. The molecular weight excluding hydrogens is 574 g/mol. The number of benzene rings is 2. The molecule has 2 amide bonds. The van der Waals surface area contributed by atoms with E-state index in [9.17, 15) is 14.4 Å². The first kappa shape index (κ1) is 31.2. The number of aryl methyl sites for hydroxylation is 2. The fraction of sp³-hybridized carbons (Fsp3) is 0.387. The fourth-order valence-corrected chi connectivity index (χ4v) is 5.44. The van der Waals surface area contributed by atoms with E-state index < -0.39 is 11.7 Å². The van der Waals surface area contributed by atoms with Crippen molar-refractivity contribution in [1.29, 1.82) is 0 Å². The lowest BCUT2D eigenvalue weighted by Crippen LogP contribution is -2.37. The number of nitrogens with zero attached hydrogens (tertiary/aromatic N) is 4. The highest BCUT2D eigenvalue weighted by atomic mass is 35.5. The van der Waals surface area contributed by atoms with Gasteiger partial charge in [-0.05, 0) is 81.9 Å². The number of rotatable bonds is 11. The molecule has 4 rings (SSSR count). The summed E-state index contributed by atoms with van der Waals surface area (Å²) in [7, 11) is 0. The van der Waals surface area contributed by atoms with E-state index in [1.807, 2.05) is 37.3 Å². The van der Waals surface area contributed by atoms with E-state index >= 15 is 0 Å². The summed E-state index contributed by atoms with van der Waals surface area (Å²) in [6.07, 6.45) is 1.13. The highest BCUT2D eigenvalue weighted by Gasteiger charge is 2.20. The summed E-state index contributed by atoms with van der Waals surface area (Å²) in [6, 6.07) is 16.6. The maximum Gasteiger partial charge on any atom is 0.407 e. The van der Waals surface area contributed by atoms with E-state index in [4.69, 9.17) is 21.3 Å². The van der Waals surface area contributed by atoms with Gasteiger partial charge in [0, 0.05) is 36.6 Å². The zero-order valence-corrected chi connectivity index (χ0v) is 25.9. The van der Waals surface area contributed by atoms with Crippen LogP contribution in [0.3, 0.4) is 0 Å². The topological polar surface area (TPSA) is 106 Å². The van der Waals surface area contributed by atoms with Gasteiger partial charge in [0.1, 0.15) is 11.4 Å². The highest BCUT2D eigenvalue weighted by Crippen LogP contribution is 2.19. The zero-order chi connectivity index (χ0) is 30.3. The molecule has 2 aromatic heterocycles. The molecule has 0 aliphatic rings. The van der Waals surface area contributed by atoms with Crippen molar-refractivity contribution >= 4 is 45.4 Å². The molecule has 0 atom stereocenters. The Hall–Kier alpha value is -3.76. The molecule has 2 aromatic carbocycles. The smallest absolute Gasteiger partial charge is 0.407 e. The van der Waals surface area contributed by atoms with Gasteiger partial charge in [-0.3, -0.25) is 14.2 Å². The highest BCUT2D eigenvalue weighted by molar-refractivity contribution is 7.12. The number of halogens is 1. The lowest BCUT2D eigenvalue weighted by Gasteiger charge is -2.24. The van der Waals surface area contributed by atoms with Crippen molar-refractivity contribution in [3.63, 3.8) is 0 Å². The van der Waals surface area contributed by atoms with Gasteiger partial charge in [-0.15, -0.1) is 0 Å². The van der Waals surface area contributed by atoms with Gasteiger partial charge >= 0.3 is 6.09 Å². The Labute approximate surface area is 254 Å². The van der Waals surface area contributed by atoms with Crippen LogP contribution in [-0.2, 0) is 17.7 Å². The molecule has 0 saturated carbocycles. The summed E-state index contributed by atoms with van der Waals surface area (Å²) < 4.78 is 11.4. The molecule has 1 N–H and O–H groups in total. The molecule has 4 aromatic rings. The van der Waals surface area contributed by atoms with Crippen LogP contribution in [0.25, 0.3) is 10.2 Å². The maximum absolute atomic E-state index is 13.5. The summed E-state index contributed by atoms with van der Waals surface area (Å²) in [6.45, 7) is 8.87. The Balaban J connectivity index is 1.49. The third kappa shape index (κ3) is 8.39. The predicted molar refractivity (Wildman–Crippen MR) is 166 cm³/mol. The van der Waals surface area contributed by atoms with Crippen LogP contribution in [0.2, 0.25) is 5.02 Å². The van der Waals surface area contributed by atoms with Crippen LogP contribution >= 0.6 is 23.1 Å². The molecular formula is C31H36ClN5O4S. The summed E-state index contributed by atoms with van der Waals surface area (Å²) >= 11 is 7.26. The van der Waals surface area contributed by atoms with E-state index in [1.54, 1.807) is 54.5 Å². The van der Waals surface area contributed by atoms with Crippen molar-refractivity contribution in [2.45, 2.75) is 59.1 Å². The number of alkyl carbamates (subject to hydrolysis) is 1. The third-order valence-electron chi connectivity index (χ3n) is 6.51. The van der Waals surface area contributed by atoms with Crippen molar-refractivity contribution in [1.82, 2.24) is 24.1 Å². The van der Waals surface area contributed by atoms with Gasteiger partial charge in [0.15, 0.2) is 4.83 Å². The summed E-state index contributed by atoms with van der Waals surface area (Å²) in [5, 5.41) is 3.85. The number of ether oxygens (including phenoxy) is 1. The normalized spacial score (nSPS) is 11.5. The lowest BCUT2D eigenvalue weighted by molar-refractivity contribution is 0.0525. The minimum atomic E-state index is -0.586. The van der Waals surface area contributed by atoms with Crippen LogP contribution in [-0.4, -0.2) is 56.1 Å². The summed E-state index contributed by atoms with van der Waals surface area (Å²) in [5.74, 6) is 0.526. The number of hydrogen-bond donors (Lipinski definition) is 1.